The normalized spacial score (nSPS) is 16.5. The van der Waals surface area contributed by atoms with Crippen molar-refractivity contribution in [2.45, 2.75) is 38.1 Å². The topological polar surface area (TPSA) is 85.4 Å². The first-order valence-electron chi connectivity index (χ1n) is 8.57. The van der Waals surface area contributed by atoms with Crippen LogP contribution in [0.4, 0.5) is 11.5 Å². The van der Waals surface area contributed by atoms with Crippen LogP contribution >= 0.6 is 0 Å². The van der Waals surface area contributed by atoms with Crippen LogP contribution in [-0.4, -0.2) is 28.7 Å². The molecule has 0 radical (unpaired) electrons. The molecule has 2 heterocycles. The van der Waals surface area contributed by atoms with Gasteiger partial charge in [0.15, 0.2) is 11.5 Å². The lowest BCUT2D eigenvalue weighted by Gasteiger charge is -2.23. The van der Waals surface area contributed by atoms with E-state index in [0.717, 1.165) is 12.8 Å². The van der Waals surface area contributed by atoms with E-state index in [-0.39, 0.29) is 18.4 Å². The molecule has 7 nitrogen and oxygen atoms in total. The zero-order valence-corrected chi connectivity index (χ0v) is 13.8. The van der Waals surface area contributed by atoms with E-state index in [9.17, 15) is 4.79 Å². The molecule has 25 heavy (non-hydrogen) atoms. The summed E-state index contributed by atoms with van der Waals surface area (Å²) >= 11 is 0. The molecule has 1 aromatic carbocycles. The third-order valence-corrected chi connectivity index (χ3v) is 4.47. The highest BCUT2D eigenvalue weighted by atomic mass is 16.7. The molecule has 1 aliphatic heterocycles. The maximum absolute atomic E-state index is 12.3. The third kappa shape index (κ3) is 3.65. The quantitative estimate of drug-likeness (QED) is 0.889. The van der Waals surface area contributed by atoms with Crippen LogP contribution < -0.4 is 20.1 Å². The van der Waals surface area contributed by atoms with Gasteiger partial charge in [0.25, 0.3) is 5.91 Å². The van der Waals surface area contributed by atoms with E-state index >= 15 is 0 Å². The number of benzene rings is 1. The number of fused-ring (bicyclic) bond motifs is 1. The number of amides is 1. The lowest BCUT2D eigenvalue weighted by Crippen LogP contribution is -2.23. The Balaban J connectivity index is 1.38. The van der Waals surface area contributed by atoms with Crippen LogP contribution in [0.5, 0.6) is 11.5 Å². The number of nitrogens with one attached hydrogen (secondary N) is 2. The van der Waals surface area contributed by atoms with Gasteiger partial charge in [-0.25, -0.2) is 9.97 Å². The van der Waals surface area contributed by atoms with Crippen molar-refractivity contribution in [1.82, 2.24) is 9.97 Å². The molecule has 2 aromatic rings. The van der Waals surface area contributed by atoms with Gasteiger partial charge < -0.3 is 20.1 Å². The van der Waals surface area contributed by atoms with Crippen molar-refractivity contribution in [2.24, 2.45) is 0 Å². The Kier molecular flexibility index (Phi) is 4.37. The molecular formula is C18H20N4O3. The molecule has 4 rings (SSSR count). The van der Waals surface area contributed by atoms with E-state index in [1.54, 1.807) is 24.4 Å². The van der Waals surface area contributed by atoms with Gasteiger partial charge in [-0.15, -0.1) is 0 Å². The SMILES string of the molecule is O=C(Nc1ccc2c(c1)OCO2)c1cnc(NC2CCCCC2)cn1. The van der Waals surface area contributed by atoms with Crippen LogP contribution in [-0.2, 0) is 0 Å². The minimum atomic E-state index is -0.310. The lowest BCUT2D eigenvalue weighted by atomic mass is 9.96. The van der Waals surface area contributed by atoms with Crippen molar-refractivity contribution in [2.75, 3.05) is 17.4 Å². The van der Waals surface area contributed by atoms with E-state index in [4.69, 9.17) is 9.47 Å². The Labute approximate surface area is 145 Å². The number of carbonyl (C=O) groups excluding carboxylic acids is 1. The molecule has 1 amide bonds. The highest BCUT2D eigenvalue weighted by Crippen LogP contribution is 2.34. The van der Waals surface area contributed by atoms with Gasteiger partial charge in [-0.3, -0.25) is 4.79 Å². The molecular weight excluding hydrogens is 320 g/mol. The number of carbonyl (C=O) groups is 1. The molecule has 0 unspecified atom stereocenters. The molecule has 0 saturated heterocycles. The van der Waals surface area contributed by atoms with Gasteiger partial charge in [0.05, 0.1) is 12.4 Å². The first-order valence-corrected chi connectivity index (χ1v) is 8.57. The number of anilines is 2. The molecule has 1 fully saturated rings. The monoisotopic (exact) mass is 340 g/mol. The Bertz CT molecular complexity index is 757. The maximum atomic E-state index is 12.3. The van der Waals surface area contributed by atoms with Crippen LogP contribution in [0, 0.1) is 0 Å². The standard InChI is InChI=1S/C18H20N4O3/c23-18(22-13-6-7-15-16(8-13)25-11-24-15)14-9-20-17(10-19-14)21-12-4-2-1-3-5-12/h6-10,12H,1-5,11H2,(H,20,21)(H,22,23). The molecule has 1 aromatic heterocycles. The Morgan fingerprint density at radius 3 is 2.68 bits per heavy atom. The second-order valence-electron chi connectivity index (χ2n) is 6.29. The number of hydrogen-bond donors (Lipinski definition) is 2. The third-order valence-electron chi connectivity index (χ3n) is 4.47. The first-order chi connectivity index (χ1) is 12.3. The Hall–Kier alpha value is -2.83. The van der Waals surface area contributed by atoms with Gasteiger partial charge in [-0.1, -0.05) is 19.3 Å². The summed E-state index contributed by atoms with van der Waals surface area (Å²) in [6.45, 7) is 0.202. The summed E-state index contributed by atoms with van der Waals surface area (Å²) in [7, 11) is 0. The van der Waals surface area contributed by atoms with Crippen LogP contribution in [0.1, 0.15) is 42.6 Å². The molecule has 2 aliphatic rings. The average Bonchev–Trinajstić information content (AvgIpc) is 3.11. The first kappa shape index (κ1) is 15.7. The van der Waals surface area contributed by atoms with Crippen LogP contribution in [0.25, 0.3) is 0 Å². The van der Waals surface area contributed by atoms with Gasteiger partial charge in [0.1, 0.15) is 11.5 Å². The second kappa shape index (κ2) is 6.96. The summed E-state index contributed by atoms with van der Waals surface area (Å²) in [5, 5.41) is 6.18. The van der Waals surface area contributed by atoms with Crippen molar-refractivity contribution < 1.29 is 14.3 Å². The van der Waals surface area contributed by atoms with Gasteiger partial charge >= 0.3 is 0 Å². The predicted octanol–water partition coefficient (Wildman–Crippen LogP) is 3.20. The molecule has 1 saturated carbocycles. The summed E-state index contributed by atoms with van der Waals surface area (Å²) in [6.07, 6.45) is 9.24. The van der Waals surface area contributed by atoms with Crippen molar-refractivity contribution >= 4 is 17.4 Å². The number of hydrogen-bond acceptors (Lipinski definition) is 6. The molecule has 0 spiro atoms. The number of nitrogens with zero attached hydrogens (tertiary/aromatic N) is 2. The smallest absolute Gasteiger partial charge is 0.275 e. The summed E-state index contributed by atoms with van der Waals surface area (Å²) in [6, 6.07) is 5.71. The van der Waals surface area contributed by atoms with E-state index in [2.05, 4.69) is 20.6 Å². The zero-order valence-electron chi connectivity index (χ0n) is 13.8. The van der Waals surface area contributed by atoms with Gasteiger partial charge in [0.2, 0.25) is 6.79 Å². The summed E-state index contributed by atoms with van der Waals surface area (Å²) in [4.78, 5) is 20.8. The maximum Gasteiger partial charge on any atom is 0.275 e. The van der Waals surface area contributed by atoms with Gasteiger partial charge in [-0.2, -0.15) is 0 Å². The van der Waals surface area contributed by atoms with Crippen LogP contribution in [0.15, 0.2) is 30.6 Å². The van der Waals surface area contributed by atoms with Crippen LogP contribution in [0.2, 0.25) is 0 Å². The van der Waals surface area contributed by atoms with E-state index in [1.165, 1.54) is 25.5 Å². The van der Waals surface area contributed by atoms with Crippen molar-refractivity contribution in [3.63, 3.8) is 0 Å². The highest BCUT2D eigenvalue weighted by Gasteiger charge is 2.16. The second-order valence-corrected chi connectivity index (χ2v) is 6.29. The fourth-order valence-electron chi connectivity index (χ4n) is 3.15. The van der Waals surface area contributed by atoms with Gasteiger partial charge in [-0.05, 0) is 25.0 Å². The molecule has 7 heteroatoms. The van der Waals surface area contributed by atoms with Gasteiger partial charge in [0, 0.05) is 17.8 Å². The average molecular weight is 340 g/mol. The molecule has 130 valence electrons. The Morgan fingerprint density at radius 1 is 1.04 bits per heavy atom. The largest absolute Gasteiger partial charge is 0.454 e. The molecule has 2 N–H and O–H groups in total. The number of rotatable bonds is 4. The number of aromatic nitrogens is 2. The molecule has 0 bridgehead atoms. The minimum Gasteiger partial charge on any atom is -0.454 e. The predicted molar refractivity (Wildman–Crippen MR) is 93.0 cm³/mol. The fourth-order valence-corrected chi connectivity index (χ4v) is 3.15. The highest BCUT2D eigenvalue weighted by molar-refractivity contribution is 6.02. The van der Waals surface area contributed by atoms with E-state index in [0.29, 0.717) is 29.0 Å². The van der Waals surface area contributed by atoms with E-state index in [1.807, 2.05) is 0 Å². The number of ether oxygens (including phenoxy) is 2. The molecule has 0 atom stereocenters. The van der Waals surface area contributed by atoms with Crippen molar-refractivity contribution in [3.8, 4) is 11.5 Å². The van der Waals surface area contributed by atoms with Crippen molar-refractivity contribution in [3.05, 3.63) is 36.3 Å². The summed E-state index contributed by atoms with van der Waals surface area (Å²) in [5.74, 6) is 1.70. The zero-order chi connectivity index (χ0) is 17.1. The fraction of sp³-hybridized carbons (Fsp3) is 0.389. The lowest BCUT2D eigenvalue weighted by molar-refractivity contribution is 0.102. The van der Waals surface area contributed by atoms with E-state index < -0.39 is 0 Å². The van der Waals surface area contributed by atoms with Crippen LogP contribution in [0.3, 0.4) is 0 Å². The summed E-state index contributed by atoms with van der Waals surface area (Å²) < 4.78 is 10.6. The Morgan fingerprint density at radius 2 is 1.88 bits per heavy atom. The summed E-state index contributed by atoms with van der Waals surface area (Å²) in [5.41, 5.74) is 0.896. The minimum absolute atomic E-state index is 0.202. The molecule has 1 aliphatic carbocycles. The van der Waals surface area contributed by atoms with Crippen molar-refractivity contribution in [1.29, 1.82) is 0 Å².